The first-order valence-corrected chi connectivity index (χ1v) is 8.57. The molecule has 0 fully saturated rings. The second-order valence-electron chi connectivity index (χ2n) is 5.95. The molecular weight excluding hydrogens is 348 g/mol. The van der Waals surface area contributed by atoms with Crippen LogP contribution in [-0.2, 0) is 22.6 Å². The highest BCUT2D eigenvalue weighted by Crippen LogP contribution is 2.18. The van der Waals surface area contributed by atoms with Gasteiger partial charge in [-0.05, 0) is 6.07 Å². The molecule has 0 spiro atoms. The molecule has 0 atom stereocenters. The van der Waals surface area contributed by atoms with E-state index in [4.69, 9.17) is 0 Å². The van der Waals surface area contributed by atoms with E-state index in [0.29, 0.717) is 10.8 Å². The third-order valence-corrected chi connectivity index (χ3v) is 4.29. The van der Waals surface area contributed by atoms with Gasteiger partial charge in [0.2, 0.25) is 11.8 Å². The minimum Gasteiger partial charge on any atom is -0.341 e. The molecule has 25 heavy (non-hydrogen) atoms. The zero-order valence-electron chi connectivity index (χ0n) is 14.2. The van der Waals surface area contributed by atoms with E-state index in [-0.39, 0.29) is 36.3 Å². The van der Waals surface area contributed by atoms with Crippen molar-refractivity contribution in [1.29, 1.82) is 0 Å². The van der Waals surface area contributed by atoms with Crippen LogP contribution in [0.3, 0.4) is 0 Å². The van der Waals surface area contributed by atoms with E-state index in [1.54, 1.807) is 26.3 Å². The summed E-state index contributed by atoms with van der Waals surface area (Å²) in [6.45, 7) is 3.58. The van der Waals surface area contributed by atoms with E-state index in [0.717, 1.165) is 12.1 Å². The van der Waals surface area contributed by atoms with Crippen molar-refractivity contribution in [3.05, 3.63) is 46.5 Å². The number of benzene rings is 1. The number of rotatable bonds is 6. The molecule has 0 bridgehead atoms. The Bertz CT molecular complexity index is 777. The van der Waals surface area contributed by atoms with Crippen molar-refractivity contribution in [3.8, 4) is 0 Å². The number of thiazole rings is 1. The standard InChI is InChI=1S/C17H19F2N3O2S/c1-10(2)16(24)21-17-20-13(9-25-17)7-15(23)22(3)8-11-4-5-12(18)6-14(11)19/h4-6,9-10H,7-8H2,1-3H3,(H,20,21,24). The van der Waals surface area contributed by atoms with Crippen LogP contribution in [0, 0.1) is 17.6 Å². The number of amides is 2. The van der Waals surface area contributed by atoms with Gasteiger partial charge in [-0.15, -0.1) is 11.3 Å². The maximum atomic E-state index is 13.7. The number of anilines is 1. The molecule has 8 heteroatoms. The van der Waals surface area contributed by atoms with Gasteiger partial charge in [0.1, 0.15) is 11.6 Å². The normalized spacial score (nSPS) is 10.8. The van der Waals surface area contributed by atoms with Gasteiger partial charge in [0.05, 0.1) is 12.1 Å². The summed E-state index contributed by atoms with van der Waals surface area (Å²) in [7, 11) is 1.54. The zero-order valence-corrected chi connectivity index (χ0v) is 15.0. The van der Waals surface area contributed by atoms with Gasteiger partial charge in [-0.2, -0.15) is 0 Å². The Morgan fingerprint density at radius 2 is 2.04 bits per heavy atom. The molecule has 0 saturated heterocycles. The molecule has 0 unspecified atom stereocenters. The molecular formula is C17H19F2N3O2S. The van der Waals surface area contributed by atoms with Crippen LogP contribution in [0.5, 0.6) is 0 Å². The van der Waals surface area contributed by atoms with Crippen molar-refractivity contribution in [2.45, 2.75) is 26.8 Å². The van der Waals surface area contributed by atoms with Gasteiger partial charge in [0.25, 0.3) is 0 Å². The number of likely N-dealkylation sites (N-methyl/N-ethyl adjacent to an activating group) is 1. The van der Waals surface area contributed by atoms with Crippen LogP contribution < -0.4 is 5.32 Å². The first kappa shape index (κ1) is 19.0. The van der Waals surface area contributed by atoms with E-state index >= 15 is 0 Å². The van der Waals surface area contributed by atoms with Crippen molar-refractivity contribution in [2.75, 3.05) is 12.4 Å². The lowest BCUT2D eigenvalue weighted by molar-refractivity contribution is -0.129. The molecule has 0 aliphatic heterocycles. The van der Waals surface area contributed by atoms with Gasteiger partial charge in [0.15, 0.2) is 5.13 Å². The summed E-state index contributed by atoms with van der Waals surface area (Å²) < 4.78 is 26.6. The van der Waals surface area contributed by atoms with E-state index in [9.17, 15) is 18.4 Å². The van der Waals surface area contributed by atoms with Crippen molar-refractivity contribution in [2.24, 2.45) is 5.92 Å². The smallest absolute Gasteiger partial charge is 0.228 e. The Labute approximate surface area is 148 Å². The molecule has 5 nitrogen and oxygen atoms in total. The third kappa shape index (κ3) is 5.32. The lowest BCUT2D eigenvalue weighted by atomic mass is 10.2. The van der Waals surface area contributed by atoms with Crippen molar-refractivity contribution in [1.82, 2.24) is 9.88 Å². The van der Waals surface area contributed by atoms with E-state index < -0.39 is 11.6 Å². The summed E-state index contributed by atoms with van der Waals surface area (Å²) >= 11 is 1.24. The van der Waals surface area contributed by atoms with Crippen LogP contribution in [-0.4, -0.2) is 28.7 Å². The zero-order chi connectivity index (χ0) is 18.6. The summed E-state index contributed by atoms with van der Waals surface area (Å²) in [5.41, 5.74) is 0.765. The Kier molecular flexibility index (Phi) is 6.19. The Hall–Kier alpha value is -2.35. The highest BCUT2D eigenvalue weighted by atomic mass is 32.1. The van der Waals surface area contributed by atoms with E-state index in [1.807, 2.05) is 0 Å². The number of hydrogen-bond donors (Lipinski definition) is 1. The van der Waals surface area contributed by atoms with E-state index in [2.05, 4.69) is 10.3 Å². The van der Waals surface area contributed by atoms with Crippen molar-refractivity contribution >= 4 is 28.3 Å². The lowest BCUT2D eigenvalue weighted by Crippen LogP contribution is -2.28. The molecule has 1 N–H and O–H groups in total. The molecule has 2 rings (SSSR count). The highest BCUT2D eigenvalue weighted by Gasteiger charge is 2.16. The summed E-state index contributed by atoms with van der Waals surface area (Å²) in [6.07, 6.45) is 0.0351. The molecule has 0 aliphatic rings. The van der Waals surface area contributed by atoms with Crippen LogP contribution in [0.4, 0.5) is 13.9 Å². The number of carbonyl (C=O) groups excluding carboxylic acids is 2. The predicted octanol–water partition coefficient (Wildman–Crippen LogP) is 3.22. The van der Waals surface area contributed by atoms with Gasteiger partial charge in [-0.1, -0.05) is 19.9 Å². The fraction of sp³-hybridized carbons (Fsp3) is 0.353. The quantitative estimate of drug-likeness (QED) is 0.853. The topological polar surface area (TPSA) is 62.3 Å². The lowest BCUT2D eigenvalue weighted by Gasteiger charge is -2.17. The van der Waals surface area contributed by atoms with E-state index in [1.165, 1.54) is 22.3 Å². The number of hydrogen-bond acceptors (Lipinski definition) is 4. The Balaban J connectivity index is 1.95. The number of nitrogens with one attached hydrogen (secondary N) is 1. The average molecular weight is 367 g/mol. The number of carbonyl (C=O) groups is 2. The van der Waals surface area contributed by atoms with Crippen LogP contribution in [0.2, 0.25) is 0 Å². The monoisotopic (exact) mass is 367 g/mol. The second-order valence-corrected chi connectivity index (χ2v) is 6.81. The van der Waals surface area contributed by atoms with Gasteiger partial charge in [-0.25, -0.2) is 13.8 Å². The maximum Gasteiger partial charge on any atom is 0.228 e. The van der Waals surface area contributed by atoms with Gasteiger partial charge < -0.3 is 10.2 Å². The first-order valence-electron chi connectivity index (χ1n) is 7.69. The summed E-state index contributed by atoms with van der Waals surface area (Å²) in [6, 6.07) is 3.26. The van der Waals surface area contributed by atoms with Crippen LogP contribution >= 0.6 is 11.3 Å². The molecule has 1 heterocycles. The molecule has 2 amide bonds. The van der Waals surface area contributed by atoms with Crippen molar-refractivity contribution < 1.29 is 18.4 Å². The molecule has 1 aromatic heterocycles. The molecule has 1 aromatic carbocycles. The third-order valence-electron chi connectivity index (χ3n) is 3.49. The maximum absolute atomic E-state index is 13.7. The van der Waals surface area contributed by atoms with Crippen LogP contribution in [0.25, 0.3) is 0 Å². The van der Waals surface area contributed by atoms with Crippen LogP contribution in [0.1, 0.15) is 25.1 Å². The Morgan fingerprint density at radius 3 is 2.68 bits per heavy atom. The SMILES string of the molecule is CC(C)C(=O)Nc1nc(CC(=O)N(C)Cc2ccc(F)cc2F)cs1. The molecule has 0 saturated carbocycles. The van der Waals surface area contributed by atoms with Gasteiger partial charge in [0, 0.05) is 36.5 Å². The van der Waals surface area contributed by atoms with Crippen LogP contribution in [0.15, 0.2) is 23.6 Å². The molecule has 2 aromatic rings. The molecule has 134 valence electrons. The number of halogens is 2. The van der Waals surface area contributed by atoms with Gasteiger partial charge >= 0.3 is 0 Å². The molecule has 0 aliphatic carbocycles. The fourth-order valence-corrected chi connectivity index (χ4v) is 2.69. The summed E-state index contributed by atoms with van der Waals surface area (Å²) in [5, 5.41) is 4.81. The summed E-state index contributed by atoms with van der Waals surface area (Å²) in [5.74, 6) is -1.90. The average Bonchev–Trinajstić information content (AvgIpc) is 2.96. The first-order chi connectivity index (χ1) is 11.8. The second kappa shape index (κ2) is 8.15. The van der Waals surface area contributed by atoms with Gasteiger partial charge in [-0.3, -0.25) is 9.59 Å². The number of aromatic nitrogens is 1. The summed E-state index contributed by atoms with van der Waals surface area (Å²) in [4.78, 5) is 29.4. The number of nitrogens with zero attached hydrogens (tertiary/aromatic N) is 2. The largest absolute Gasteiger partial charge is 0.341 e. The fourth-order valence-electron chi connectivity index (χ4n) is 1.98. The molecule has 0 radical (unpaired) electrons. The predicted molar refractivity (Wildman–Crippen MR) is 92.1 cm³/mol. The highest BCUT2D eigenvalue weighted by molar-refractivity contribution is 7.13. The minimum atomic E-state index is -0.688. The Morgan fingerprint density at radius 1 is 1.32 bits per heavy atom. The minimum absolute atomic E-state index is 0.0338. The van der Waals surface area contributed by atoms with Crippen molar-refractivity contribution in [3.63, 3.8) is 0 Å².